The van der Waals surface area contributed by atoms with E-state index in [2.05, 4.69) is 0 Å². The van der Waals surface area contributed by atoms with Crippen LogP contribution in [-0.2, 0) is 27.1 Å². The van der Waals surface area contributed by atoms with E-state index >= 15 is 0 Å². The van der Waals surface area contributed by atoms with E-state index in [-0.39, 0.29) is 12.5 Å². The van der Waals surface area contributed by atoms with Crippen LogP contribution in [0.15, 0.2) is 58.4 Å². The second-order valence-corrected chi connectivity index (χ2v) is 12.3. The lowest BCUT2D eigenvalue weighted by Gasteiger charge is -2.31. The Morgan fingerprint density at radius 2 is 1.61 bits per heavy atom. The number of carbonyl (C=O) groups excluding carboxylic acids is 3. The van der Waals surface area contributed by atoms with E-state index in [4.69, 9.17) is 0 Å². The SMILES string of the molecule is O=C(Cn1c2c(sc1=O)C(c1ccc(F)cc1)C1C(=O)N(c3ccccc3C(F)(F)F)C(=O)C1S2)N1CCCCC1. The third-order valence-corrected chi connectivity index (χ3v) is 10.3. The van der Waals surface area contributed by atoms with Crippen LogP contribution in [0.3, 0.4) is 0 Å². The molecule has 41 heavy (non-hydrogen) atoms. The molecule has 1 aromatic heterocycles. The van der Waals surface area contributed by atoms with Crippen molar-refractivity contribution < 1.29 is 31.9 Å². The molecule has 6 rings (SSSR count). The Morgan fingerprint density at radius 3 is 2.29 bits per heavy atom. The first kappa shape index (κ1) is 27.7. The summed E-state index contributed by atoms with van der Waals surface area (Å²) in [6.07, 6.45) is -2.08. The lowest BCUT2D eigenvalue weighted by atomic mass is 9.83. The molecule has 2 fully saturated rings. The highest BCUT2D eigenvalue weighted by Gasteiger charge is 2.57. The molecule has 0 saturated carbocycles. The molecular weight excluding hydrogens is 582 g/mol. The number of benzene rings is 2. The van der Waals surface area contributed by atoms with Crippen LogP contribution in [0.5, 0.6) is 0 Å². The first-order valence-corrected chi connectivity index (χ1v) is 14.7. The highest BCUT2D eigenvalue weighted by Crippen LogP contribution is 2.54. The van der Waals surface area contributed by atoms with Gasteiger partial charge in [-0.3, -0.25) is 23.7 Å². The zero-order chi connectivity index (χ0) is 29.1. The highest BCUT2D eigenvalue weighted by atomic mass is 32.2. The minimum Gasteiger partial charge on any atom is -0.341 e. The first-order chi connectivity index (χ1) is 19.6. The summed E-state index contributed by atoms with van der Waals surface area (Å²) < 4.78 is 56.8. The van der Waals surface area contributed by atoms with Gasteiger partial charge in [0.15, 0.2) is 0 Å². The Labute approximate surface area is 239 Å². The fraction of sp³-hybridized carbons (Fsp3) is 0.357. The average Bonchev–Trinajstić information content (AvgIpc) is 3.39. The fourth-order valence-electron chi connectivity index (χ4n) is 5.81. The van der Waals surface area contributed by atoms with Crippen molar-refractivity contribution in [2.24, 2.45) is 5.92 Å². The number of thioether (sulfide) groups is 1. The van der Waals surface area contributed by atoms with Crippen molar-refractivity contribution in [2.45, 2.75) is 48.2 Å². The number of hydrogen-bond acceptors (Lipinski definition) is 6. The lowest BCUT2D eigenvalue weighted by Crippen LogP contribution is -2.39. The molecule has 2 aromatic carbocycles. The summed E-state index contributed by atoms with van der Waals surface area (Å²) in [7, 11) is 0. The third kappa shape index (κ3) is 4.78. The predicted molar refractivity (Wildman–Crippen MR) is 144 cm³/mol. The molecule has 3 atom stereocenters. The molecule has 214 valence electrons. The number of rotatable bonds is 4. The summed E-state index contributed by atoms with van der Waals surface area (Å²) in [6.45, 7) is 0.904. The summed E-state index contributed by atoms with van der Waals surface area (Å²) in [5.41, 5.74) is -1.25. The molecule has 0 bridgehead atoms. The summed E-state index contributed by atoms with van der Waals surface area (Å²) in [4.78, 5) is 56.2. The molecule has 3 aromatic rings. The minimum atomic E-state index is -4.82. The average molecular weight is 606 g/mol. The second kappa shape index (κ2) is 10.4. The van der Waals surface area contributed by atoms with Gasteiger partial charge in [-0.15, -0.1) is 0 Å². The second-order valence-electron chi connectivity index (χ2n) is 10.2. The smallest absolute Gasteiger partial charge is 0.341 e. The summed E-state index contributed by atoms with van der Waals surface area (Å²) >= 11 is 1.75. The zero-order valence-corrected chi connectivity index (χ0v) is 23.0. The van der Waals surface area contributed by atoms with Crippen LogP contribution in [0.1, 0.15) is 41.2 Å². The molecule has 0 spiro atoms. The van der Waals surface area contributed by atoms with E-state index in [0.717, 1.165) is 54.5 Å². The molecular formula is C28H23F4N3O4S2. The Morgan fingerprint density at radius 1 is 0.927 bits per heavy atom. The van der Waals surface area contributed by atoms with Gasteiger partial charge in [-0.05, 0) is 49.1 Å². The molecule has 0 aliphatic carbocycles. The number of para-hydroxylation sites is 1. The molecule has 4 heterocycles. The Kier molecular flexibility index (Phi) is 7.05. The van der Waals surface area contributed by atoms with Crippen molar-refractivity contribution in [3.05, 3.63) is 80.0 Å². The summed E-state index contributed by atoms with van der Waals surface area (Å²) in [5, 5.41) is -0.829. The summed E-state index contributed by atoms with van der Waals surface area (Å²) in [6, 6.07) is 9.63. The van der Waals surface area contributed by atoms with Gasteiger partial charge >= 0.3 is 11.0 Å². The van der Waals surface area contributed by atoms with Crippen molar-refractivity contribution in [3.63, 3.8) is 0 Å². The number of nitrogens with zero attached hydrogens (tertiary/aromatic N) is 3. The summed E-state index contributed by atoms with van der Waals surface area (Å²) in [5.74, 6) is -4.50. The highest BCUT2D eigenvalue weighted by molar-refractivity contribution is 8.00. The standard InChI is InChI=1S/C28H23F4N3O4S2/c29-16-10-8-15(9-11-16)20-21-22(25(38)35(24(21)37)18-7-3-2-6-17(18)28(30,31)32)40-26-23(20)41-27(39)34(26)14-19(36)33-12-4-1-5-13-33/h2-3,6-11,20-22H,1,4-5,12-14H2. The van der Waals surface area contributed by atoms with Crippen LogP contribution in [-0.4, -0.2) is 45.5 Å². The van der Waals surface area contributed by atoms with E-state index in [1.54, 1.807) is 4.90 Å². The molecule has 3 unspecified atom stereocenters. The van der Waals surface area contributed by atoms with E-state index in [0.29, 0.717) is 33.5 Å². The van der Waals surface area contributed by atoms with E-state index in [1.165, 1.54) is 41.0 Å². The van der Waals surface area contributed by atoms with E-state index in [9.17, 15) is 36.7 Å². The maximum atomic E-state index is 13.9. The van der Waals surface area contributed by atoms with Crippen LogP contribution < -0.4 is 9.77 Å². The fourth-order valence-corrected chi connectivity index (χ4v) is 8.58. The number of carbonyl (C=O) groups is 3. The Balaban J connectivity index is 1.45. The van der Waals surface area contributed by atoms with E-state index in [1.807, 2.05) is 0 Å². The number of fused-ring (bicyclic) bond motifs is 2. The molecule has 2 saturated heterocycles. The van der Waals surface area contributed by atoms with Gasteiger partial charge in [0, 0.05) is 23.9 Å². The maximum Gasteiger partial charge on any atom is 0.418 e. The normalized spacial score (nSPS) is 22.6. The predicted octanol–water partition coefficient (Wildman–Crippen LogP) is 4.88. The van der Waals surface area contributed by atoms with Gasteiger partial charge in [0.05, 0.1) is 22.2 Å². The maximum absolute atomic E-state index is 13.9. The largest absolute Gasteiger partial charge is 0.418 e. The third-order valence-electron chi connectivity index (χ3n) is 7.73. The number of anilines is 1. The van der Waals surface area contributed by atoms with Crippen molar-refractivity contribution in [1.82, 2.24) is 9.47 Å². The number of piperidine rings is 1. The van der Waals surface area contributed by atoms with Crippen LogP contribution >= 0.6 is 23.1 Å². The van der Waals surface area contributed by atoms with Crippen molar-refractivity contribution in [1.29, 1.82) is 0 Å². The molecule has 3 amide bonds. The number of thiazole rings is 1. The Bertz CT molecular complexity index is 1590. The van der Waals surface area contributed by atoms with Crippen LogP contribution in [0.25, 0.3) is 0 Å². The topological polar surface area (TPSA) is 79.7 Å². The molecule has 0 N–H and O–H groups in total. The van der Waals surface area contributed by atoms with Crippen LogP contribution in [0.2, 0.25) is 0 Å². The minimum absolute atomic E-state index is 0.247. The van der Waals surface area contributed by atoms with Crippen LogP contribution in [0, 0.1) is 11.7 Å². The van der Waals surface area contributed by atoms with Gasteiger partial charge in [0.2, 0.25) is 17.7 Å². The molecule has 13 heteroatoms. The number of halogens is 4. The van der Waals surface area contributed by atoms with Crippen LogP contribution in [0.4, 0.5) is 23.2 Å². The van der Waals surface area contributed by atoms with Gasteiger partial charge < -0.3 is 4.90 Å². The molecule has 3 aliphatic heterocycles. The van der Waals surface area contributed by atoms with Crippen molar-refractivity contribution in [2.75, 3.05) is 18.0 Å². The van der Waals surface area contributed by atoms with Crippen molar-refractivity contribution >= 4 is 46.5 Å². The Hall–Kier alpha value is -3.45. The first-order valence-electron chi connectivity index (χ1n) is 13.0. The molecule has 3 aliphatic rings. The van der Waals surface area contributed by atoms with Gasteiger partial charge in [0.25, 0.3) is 0 Å². The van der Waals surface area contributed by atoms with Gasteiger partial charge in [-0.1, -0.05) is 47.4 Å². The van der Waals surface area contributed by atoms with Gasteiger partial charge in [-0.2, -0.15) is 13.2 Å². The number of aromatic nitrogens is 1. The lowest BCUT2D eigenvalue weighted by molar-refractivity contribution is -0.137. The number of hydrogen-bond donors (Lipinski definition) is 0. The molecule has 0 radical (unpaired) electrons. The zero-order valence-electron chi connectivity index (χ0n) is 21.4. The number of likely N-dealkylation sites (tertiary alicyclic amines) is 1. The number of imide groups is 1. The van der Waals surface area contributed by atoms with Crippen molar-refractivity contribution in [3.8, 4) is 0 Å². The number of alkyl halides is 3. The van der Waals surface area contributed by atoms with E-state index < -0.39 is 57.0 Å². The monoisotopic (exact) mass is 605 g/mol. The van der Waals surface area contributed by atoms with Gasteiger partial charge in [0.1, 0.15) is 17.6 Å². The number of amides is 3. The van der Waals surface area contributed by atoms with Gasteiger partial charge in [-0.25, -0.2) is 9.29 Å². The quantitative estimate of drug-likeness (QED) is 0.313. The molecule has 7 nitrogen and oxygen atoms in total.